The van der Waals surface area contributed by atoms with Gasteiger partial charge in [-0.2, -0.15) is 10.5 Å². The van der Waals surface area contributed by atoms with Gasteiger partial charge < -0.3 is 25.6 Å². The Bertz CT molecular complexity index is 1560. The number of nitriles is 2. The van der Waals surface area contributed by atoms with E-state index in [1.165, 1.54) is 35.2 Å². The molecule has 5 rings (SSSR count). The predicted octanol–water partition coefficient (Wildman–Crippen LogP) is 4.84. The summed E-state index contributed by atoms with van der Waals surface area (Å²) >= 11 is 2.69. The van der Waals surface area contributed by atoms with E-state index < -0.39 is 12.2 Å². The van der Waals surface area contributed by atoms with Crippen LogP contribution in [-0.4, -0.2) is 40.5 Å². The number of aliphatic hydroxyl groups is 1. The molecule has 1 fully saturated rings. The molecule has 0 spiro atoms. The van der Waals surface area contributed by atoms with E-state index in [1.807, 2.05) is 5.38 Å². The van der Waals surface area contributed by atoms with Crippen LogP contribution >= 0.6 is 23.1 Å². The summed E-state index contributed by atoms with van der Waals surface area (Å²) in [5.74, 6) is 0.641. The summed E-state index contributed by atoms with van der Waals surface area (Å²) in [4.78, 5) is 8.90. The van der Waals surface area contributed by atoms with Crippen LogP contribution in [0.4, 0.5) is 21.0 Å². The minimum Gasteiger partial charge on any atom is -0.485 e. The number of hydrogen-bond acceptors (Lipinski definition) is 11. The lowest BCUT2D eigenvalue weighted by molar-refractivity contribution is 0.0733. The van der Waals surface area contributed by atoms with Crippen molar-refractivity contribution in [2.75, 3.05) is 24.3 Å². The molecule has 9 nitrogen and oxygen atoms in total. The van der Waals surface area contributed by atoms with Gasteiger partial charge in [0.25, 0.3) is 0 Å². The maximum Gasteiger partial charge on any atom is 0.187 e. The topological polar surface area (TPSA) is 150 Å². The second-order valence-electron chi connectivity index (χ2n) is 8.50. The number of nitrogens with two attached hydrogens (primary N) is 1. The molecule has 1 unspecified atom stereocenters. The van der Waals surface area contributed by atoms with Crippen LogP contribution in [0.3, 0.4) is 0 Å². The van der Waals surface area contributed by atoms with Crippen molar-refractivity contribution in [1.82, 2.24) is 9.97 Å². The summed E-state index contributed by atoms with van der Waals surface area (Å²) in [5, 5.41) is 35.8. The van der Waals surface area contributed by atoms with Gasteiger partial charge in [-0.05, 0) is 42.0 Å². The third-order valence-corrected chi connectivity index (χ3v) is 7.67. The number of nitrogen functional groups attached to an aromatic ring is 1. The van der Waals surface area contributed by atoms with Gasteiger partial charge in [-0.15, -0.1) is 11.3 Å². The number of anilines is 3. The summed E-state index contributed by atoms with van der Waals surface area (Å²) in [6.07, 6.45) is -1.16. The first-order valence-electron chi connectivity index (χ1n) is 11.7. The Morgan fingerprint density at radius 1 is 1.10 bits per heavy atom. The average Bonchev–Trinajstić information content (AvgIpc) is 3.57. The molecule has 0 aliphatic carbocycles. The van der Waals surface area contributed by atoms with Gasteiger partial charge in [-0.1, -0.05) is 23.9 Å². The summed E-state index contributed by atoms with van der Waals surface area (Å²) in [6.45, 7) is 0.522. The van der Waals surface area contributed by atoms with Gasteiger partial charge in [0.1, 0.15) is 52.3 Å². The first-order chi connectivity index (χ1) is 18.9. The molecule has 1 aliphatic rings. The number of pyridine rings is 1. The van der Waals surface area contributed by atoms with Crippen LogP contribution in [0.25, 0.3) is 11.1 Å². The maximum atomic E-state index is 13.2. The van der Waals surface area contributed by atoms with Crippen molar-refractivity contribution in [3.63, 3.8) is 0 Å². The Morgan fingerprint density at radius 2 is 1.85 bits per heavy atom. The van der Waals surface area contributed by atoms with Crippen molar-refractivity contribution < 1.29 is 19.0 Å². The number of halogens is 1. The van der Waals surface area contributed by atoms with Crippen molar-refractivity contribution >= 4 is 39.7 Å². The predicted molar refractivity (Wildman–Crippen MR) is 146 cm³/mol. The molecule has 3 heterocycles. The van der Waals surface area contributed by atoms with E-state index in [4.69, 9.17) is 15.2 Å². The fraction of sp³-hybridized carbons (Fsp3) is 0.185. The average molecular weight is 561 g/mol. The number of rotatable bonds is 8. The zero-order chi connectivity index (χ0) is 27.4. The van der Waals surface area contributed by atoms with Crippen molar-refractivity contribution in [2.24, 2.45) is 0 Å². The highest BCUT2D eigenvalue weighted by Crippen LogP contribution is 2.37. The number of aliphatic hydroxyl groups excluding tert-OH is 1. The lowest BCUT2D eigenvalue weighted by atomic mass is 9.97. The Morgan fingerprint density at radius 3 is 2.51 bits per heavy atom. The number of nitrogens with one attached hydrogen (secondary N) is 1. The monoisotopic (exact) mass is 560 g/mol. The number of benzene rings is 2. The fourth-order valence-electron chi connectivity index (χ4n) is 3.93. The number of thioether (sulfide) groups is 1. The highest BCUT2D eigenvalue weighted by atomic mass is 32.2. The maximum absolute atomic E-state index is 13.2. The molecular weight excluding hydrogens is 539 g/mol. The van der Waals surface area contributed by atoms with Crippen LogP contribution in [0.1, 0.15) is 16.8 Å². The molecule has 2 aromatic carbocycles. The highest BCUT2D eigenvalue weighted by Gasteiger charge is 2.28. The fourth-order valence-corrected chi connectivity index (χ4v) is 5.66. The van der Waals surface area contributed by atoms with Gasteiger partial charge in [0, 0.05) is 22.4 Å². The van der Waals surface area contributed by atoms with Gasteiger partial charge in [0.05, 0.1) is 24.5 Å². The van der Waals surface area contributed by atoms with E-state index in [2.05, 4.69) is 27.4 Å². The van der Waals surface area contributed by atoms with Gasteiger partial charge in [-0.3, -0.25) is 0 Å². The van der Waals surface area contributed by atoms with Crippen LogP contribution in [0, 0.1) is 28.5 Å². The molecule has 12 heteroatoms. The second kappa shape index (κ2) is 11.7. The molecule has 0 amide bonds. The largest absolute Gasteiger partial charge is 0.485 e. The first kappa shape index (κ1) is 26.4. The highest BCUT2D eigenvalue weighted by molar-refractivity contribution is 7.98. The van der Waals surface area contributed by atoms with Crippen molar-refractivity contribution in [2.45, 2.75) is 23.0 Å². The summed E-state index contributed by atoms with van der Waals surface area (Å²) in [6, 6.07) is 17.1. The van der Waals surface area contributed by atoms with E-state index in [0.29, 0.717) is 45.1 Å². The third-order valence-electron chi connectivity index (χ3n) is 5.85. The van der Waals surface area contributed by atoms with E-state index in [9.17, 15) is 20.0 Å². The number of thiazole rings is 1. The third kappa shape index (κ3) is 5.95. The molecule has 1 aliphatic heterocycles. The second-order valence-corrected chi connectivity index (χ2v) is 10.3. The van der Waals surface area contributed by atoms with Crippen molar-refractivity contribution in [1.29, 1.82) is 10.5 Å². The molecule has 4 N–H and O–H groups in total. The lowest BCUT2D eigenvalue weighted by Gasteiger charge is -2.16. The van der Waals surface area contributed by atoms with Crippen molar-refractivity contribution in [3.8, 4) is 29.0 Å². The van der Waals surface area contributed by atoms with E-state index in [0.717, 1.165) is 5.69 Å². The molecule has 2 atom stereocenters. The molecular formula is C27H21FN6O3S2. The van der Waals surface area contributed by atoms with Gasteiger partial charge in [0.2, 0.25) is 0 Å². The summed E-state index contributed by atoms with van der Waals surface area (Å²) in [7, 11) is 0. The smallest absolute Gasteiger partial charge is 0.187 e. The normalized spacial score (nSPS) is 16.4. The summed E-state index contributed by atoms with van der Waals surface area (Å²) in [5.41, 5.74) is 8.96. The quantitative estimate of drug-likeness (QED) is 0.255. The number of nitrogens with zero attached hydrogens (tertiary/aromatic N) is 4. The van der Waals surface area contributed by atoms with E-state index >= 15 is 0 Å². The van der Waals surface area contributed by atoms with Crippen LogP contribution in [-0.2, 0) is 10.5 Å². The zero-order valence-electron chi connectivity index (χ0n) is 20.3. The van der Waals surface area contributed by atoms with E-state index in [-0.39, 0.29) is 29.4 Å². The molecule has 196 valence electrons. The van der Waals surface area contributed by atoms with Gasteiger partial charge >= 0.3 is 0 Å². The summed E-state index contributed by atoms with van der Waals surface area (Å²) < 4.78 is 24.2. The minimum absolute atomic E-state index is 0.0255. The Kier molecular flexibility index (Phi) is 7.91. The Hall–Kier alpha value is -4.20. The molecule has 0 saturated carbocycles. The molecule has 1 saturated heterocycles. The molecule has 4 aromatic rings. The standard InChI is InChI=1S/C27H21FN6O3S2/c28-16-3-5-17(6-4-16)32-27-33-18(14-39-27)13-38-26-21(10-30)24(20(9-29)25(31)34-26)15-1-7-19(8-2-15)37-23-12-36-11-22(23)35/h1-8,14,22-23,35H,11-13H2,(H2,31,34)(H,32,33)/t22-,23?/m0/s1. The van der Waals surface area contributed by atoms with Crippen LogP contribution in [0.2, 0.25) is 0 Å². The number of aromatic nitrogens is 2. The van der Waals surface area contributed by atoms with Crippen LogP contribution in [0.15, 0.2) is 58.9 Å². The molecule has 0 bridgehead atoms. The van der Waals surface area contributed by atoms with Crippen LogP contribution < -0.4 is 15.8 Å². The van der Waals surface area contributed by atoms with Gasteiger partial charge in [-0.25, -0.2) is 14.4 Å². The van der Waals surface area contributed by atoms with Crippen molar-refractivity contribution in [3.05, 3.63) is 76.5 Å². The van der Waals surface area contributed by atoms with Crippen LogP contribution in [0.5, 0.6) is 5.75 Å². The Balaban J connectivity index is 1.36. The molecule has 0 radical (unpaired) electrons. The lowest BCUT2D eigenvalue weighted by Crippen LogP contribution is -2.29. The molecule has 39 heavy (non-hydrogen) atoms. The zero-order valence-corrected chi connectivity index (χ0v) is 21.9. The Labute approximate surface area is 231 Å². The van der Waals surface area contributed by atoms with Gasteiger partial charge in [0.15, 0.2) is 5.13 Å². The SMILES string of the molecule is N#Cc1c(N)nc(SCc2csc(Nc3ccc(F)cc3)n2)c(C#N)c1-c1ccc(OC2COC[C@@H]2O)cc1. The molecule has 2 aromatic heterocycles. The number of hydrogen-bond donors (Lipinski definition) is 3. The number of ether oxygens (including phenoxy) is 2. The first-order valence-corrected chi connectivity index (χ1v) is 13.6. The minimum atomic E-state index is -0.702. The van der Waals surface area contributed by atoms with E-state index in [1.54, 1.807) is 36.4 Å².